The molecule has 0 aliphatic heterocycles. The lowest BCUT2D eigenvalue weighted by molar-refractivity contribution is 0.0464. The summed E-state index contributed by atoms with van der Waals surface area (Å²) in [5.74, 6) is -0.00855. The standard InChI is InChI=1S/C16H20N2O5S/c1-11(2)18(4)24(20,21)15-7-5-6-13(9-15)16(19)22-10-14-8-12(3)23-17-14/h5-9,11H,10H2,1-4H3. The van der Waals surface area contributed by atoms with E-state index in [0.29, 0.717) is 11.5 Å². The summed E-state index contributed by atoms with van der Waals surface area (Å²) in [5, 5.41) is 3.73. The molecule has 8 heteroatoms. The minimum atomic E-state index is -3.66. The number of esters is 1. The van der Waals surface area contributed by atoms with Crippen LogP contribution in [0.25, 0.3) is 0 Å². The molecule has 0 spiro atoms. The summed E-state index contributed by atoms with van der Waals surface area (Å²) in [7, 11) is -2.16. The van der Waals surface area contributed by atoms with Gasteiger partial charge in [0.1, 0.15) is 18.1 Å². The fourth-order valence-electron chi connectivity index (χ4n) is 1.94. The highest BCUT2D eigenvalue weighted by atomic mass is 32.2. The van der Waals surface area contributed by atoms with Crippen LogP contribution in [-0.4, -0.2) is 36.9 Å². The molecular weight excluding hydrogens is 332 g/mol. The van der Waals surface area contributed by atoms with Crippen molar-refractivity contribution >= 4 is 16.0 Å². The van der Waals surface area contributed by atoms with Gasteiger partial charge in [0.05, 0.1) is 10.5 Å². The smallest absolute Gasteiger partial charge is 0.338 e. The number of benzene rings is 1. The summed E-state index contributed by atoms with van der Waals surface area (Å²) in [6, 6.07) is 7.24. The summed E-state index contributed by atoms with van der Waals surface area (Å²) in [6.07, 6.45) is 0. The van der Waals surface area contributed by atoms with Gasteiger partial charge in [-0.15, -0.1) is 0 Å². The van der Waals surface area contributed by atoms with Crippen LogP contribution in [0.1, 0.15) is 35.7 Å². The second-order valence-corrected chi connectivity index (χ2v) is 7.65. The summed E-state index contributed by atoms with van der Waals surface area (Å²) >= 11 is 0. The predicted octanol–water partition coefficient (Wildman–Crippen LogP) is 2.37. The van der Waals surface area contributed by atoms with Crippen LogP contribution in [0.3, 0.4) is 0 Å². The van der Waals surface area contributed by atoms with Gasteiger partial charge < -0.3 is 9.26 Å². The van der Waals surface area contributed by atoms with Crippen LogP contribution in [0.2, 0.25) is 0 Å². The largest absolute Gasteiger partial charge is 0.455 e. The number of carbonyl (C=O) groups excluding carboxylic acids is 1. The zero-order chi connectivity index (χ0) is 17.9. The molecule has 0 fully saturated rings. The molecule has 0 radical (unpaired) electrons. The van der Waals surface area contributed by atoms with Crippen molar-refractivity contribution in [2.75, 3.05) is 7.05 Å². The number of carbonyl (C=O) groups is 1. The van der Waals surface area contributed by atoms with Crippen molar-refractivity contribution < 1.29 is 22.5 Å². The highest BCUT2D eigenvalue weighted by Gasteiger charge is 2.24. The zero-order valence-corrected chi connectivity index (χ0v) is 14.8. The lowest BCUT2D eigenvalue weighted by atomic mass is 10.2. The molecule has 0 amide bonds. The Bertz CT molecular complexity index is 826. The van der Waals surface area contributed by atoms with Gasteiger partial charge in [-0.3, -0.25) is 0 Å². The molecule has 130 valence electrons. The Labute approximate surface area is 141 Å². The number of hydrogen-bond donors (Lipinski definition) is 0. The summed E-state index contributed by atoms with van der Waals surface area (Å²) in [4.78, 5) is 12.2. The minimum Gasteiger partial charge on any atom is -0.455 e. The van der Waals surface area contributed by atoms with Gasteiger partial charge in [0.15, 0.2) is 0 Å². The van der Waals surface area contributed by atoms with Crippen LogP contribution in [-0.2, 0) is 21.4 Å². The molecule has 7 nitrogen and oxygen atoms in total. The van der Waals surface area contributed by atoms with Gasteiger partial charge in [0.2, 0.25) is 10.0 Å². The van der Waals surface area contributed by atoms with Gasteiger partial charge in [-0.25, -0.2) is 13.2 Å². The third-order valence-electron chi connectivity index (χ3n) is 3.50. The van der Waals surface area contributed by atoms with Crippen molar-refractivity contribution in [1.29, 1.82) is 0 Å². The second-order valence-electron chi connectivity index (χ2n) is 5.65. The summed E-state index contributed by atoms with van der Waals surface area (Å²) in [5.41, 5.74) is 0.651. The number of rotatable bonds is 6. The lowest BCUT2D eigenvalue weighted by Gasteiger charge is -2.21. The highest BCUT2D eigenvalue weighted by molar-refractivity contribution is 7.89. The maximum atomic E-state index is 12.5. The third kappa shape index (κ3) is 4.01. The van der Waals surface area contributed by atoms with E-state index in [9.17, 15) is 13.2 Å². The van der Waals surface area contributed by atoms with Crippen LogP contribution < -0.4 is 0 Å². The van der Waals surface area contributed by atoms with Crippen molar-refractivity contribution in [2.24, 2.45) is 0 Å². The first-order valence-electron chi connectivity index (χ1n) is 7.39. The fraction of sp³-hybridized carbons (Fsp3) is 0.375. The Kier molecular flexibility index (Phi) is 5.40. The van der Waals surface area contributed by atoms with Crippen molar-refractivity contribution in [3.8, 4) is 0 Å². The topological polar surface area (TPSA) is 89.7 Å². The molecule has 0 atom stereocenters. The normalized spacial score (nSPS) is 11.9. The lowest BCUT2D eigenvalue weighted by Crippen LogP contribution is -2.33. The minimum absolute atomic E-state index is 0.0426. The molecule has 1 aromatic heterocycles. The molecule has 1 aromatic carbocycles. The predicted molar refractivity (Wildman–Crippen MR) is 86.9 cm³/mol. The molecule has 0 unspecified atom stereocenters. The average molecular weight is 352 g/mol. The molecule has 2 rings (SSSR count). The number of aryl methyl sites for hydroxylation is 1. The van der Waals surface area contributed by atoms with Crippen LogP contribution in [0.5, 0.6) is 0 Å². The first kappa shape index (κ1) is 18.2. The molecule has 1 heterocycles. The van der Waals surface area contributed by atoms with Gasteiger partial charge in [0, 0.05) is 19.2 Å². The molecule has 0 aliphatic rings. The van der Waals surface area contributed by atoms with Crippen LogP contribution in [0.15, 0.2) is 39.8 Å². The summed E-state index contributed by atoms with van der Waals surface area (Å²) < 4.78 is 36.2. The van der Waals surface area contributed by atoms with E-state index in [1.807, 2.05) is 0 Å². The van der Waals surface area contributed by atoms with Crippen molar-refractivity contribution in [3.05, 3.63) is 47.3 Å². The van der Waals surface area contributed by atoms with E-state index < -0.39 is 16.0 Å². The van der Waals surface area contributed by atoms with Crippen molar-refractivity contribution in [3.63, 3.8) is 0 Å². The molecule has 0 saturated carbocycles. The first-order chi connectivity index (χ1) is 11.2. The highest BCUT2D eigenvalue weighted by Crippen LogP contribution is 2.18. The van der Waals surface area contributed by atoms with Gasteiger partial charge >= 0.3 is 5.97 Å². The van der Waals surface area contributed by atoms with Gasteiger partial charge in [0.25, 0.3) is 0 Å². The van der Waals surface area contributed by atoms with Crippen molar-refractivity contribution in [1.82, 2.24) is 9.46 Å². The molecule has 24 heavy (non-hydrogen) atoms. The van der Waals surface area contributed by atoms with Crippen LogP contribution in [0.4, 0.5) is 0 Å². The third-order valence-corrected chi connectivity index (χ3v) is 5.53. The molecular formula is C16H20N2O5S. The van der Waals surface area contributed by atoms with Gasteiger partial charge in [-0.1, -0.05) is 11.2 Å². The van der Waals surface area contributed by atoms with Crippen molar-refractivity contribution in [2.45, 2.75) is 38.3 Å². The van der Waals surface area contributed by atoms with E-state index in [0.717, 1.165) is 0 Å². The first-order valence-corrected chi connectivity index (χ1v) is 8.83. The van der Waals surface area contributed by atoms with E-state index in [4.69, 9.17) is 9.26 Å². The maximum Gasteiger partial charge on any atom is 0.338 e. The molecule has 0 N–H and O–H groups in total. The Morgan fingerprint density at radius 1 is 1.33 bits per heavy atom. The number of aromatic nitrogens is 1. The fourth-order valence-corrected chi connectivity index (χ4v) is 3.35. The SMILES string of the molecule is Cc1cc(COC(=O)c2cccc(S(=O)(=O)N(C)C(C)C)c2)no1. The Morgan fingerprint density at radius 3 is 2.62 bits per heavy atom. The van der Waals surface area contributed by atoms with E-state index >= 15 is 0 Å². The van der Waals surface area contributed by atoms with Crippen LogP contribution >= 0.6 is 0 Å². The van der Waals surface area contributed by atoms with E-state index in [-0.39, 0.29) is 23.1 Å². The maximum absolute atomic E-state index is 12.5. The number of nitrogens with zero attached hydrogens (tertiary/aromatic N) is 2. The van der Waals surface area contributed by atoms with Gasteiger partial charge in [-0.05, 0) is 39.0 Å². The Balaban J connectivity index is 2.16. The zero-order valence-electron chi connectivity index (χ0n) is 14.0. The van der Waals surface area contributed by atoms with Crippen LogP contribution in [0, 0.1) is 6.92 Å². The average Bonchev–Trinajstić information content (AvgIpc) is 2.97. The Hall–Kier alpha value is -2.19. The summed E-state index contributed by atoms with van der Waals surface area (Å²) in [6.45, 7) is 5.24. The van der Waals surface area contributed by atoms with E-state index in [1.54, 1.807) is 26.8 Å². The number of hydrogen-bond acceptors (Lipinski definition) is 6. The quantitative estimate of drug-likeness (QED) is 0.742. The molecule has 0 saturated heterocycles. The monoisotopic (exact) mass is 352 g/mol. The van der Waals surface area contributed by atoms with E-state index in [1.165, 1.54) is 35.6 Å². The molecule has 2 aromatic rings. The number of ether oxygens (including phenoxy) is 1. The second kappa shape index (κ2) is 7.14. The van der Waals surface area contributed by atoms with Gasteiger partial charge in [-0.2, -0.15) is 4.31 Å². The Morgan fingerprint density at radius 2 is 2.04 bits per heavy atom. The molecule has 0 bridgehead atoms. The van der Waals surface area contributed by atoms with E-state index in [2.05, 4.69) is 5.16 Å². The molecule has 0 aliphatic carbocycles. The number of sulfonamides is 1.